The zero-order chi connectivity index (χ0) is 27.6. The van der Waals surface area contributed by atoms with Crippen LogP contribution in [0.1, 0.15) is 73.1 Å². The SMILES string of the molecule is CC(C)[C@H]1COC(=O)N1C(=O)[C@H](CCC(F)(F)F)C(C(=O)OC(C)(C)C)C1CCC(C(F)(F)F)CC1. The van der Waals surface area contributed by atoms with Crippen molar-refractivity contribution in [1.82, 2.24) is 4.90 Å². The molecule has 2 fully saturated rings. The van der Waals surface area contributed by atoms with E-state index in [9.17, 15) is 40.7 Å². The van der Waals surface area contributed by atoms with Crippen molar-refractivity contribution in [3.63, 3.8) is 0 Å². The molecule has 1 unspecified atom stereocenters. The van der Waals surface area contributed by atoms with Gasteiger partial charge in [-0.25, -0.2) is 9.69 Å². The minimum absolute atomic E-state index is 0.109. The molecule has 12 heteroatoms. The highest BCUT2D eigenvalue weighted by molar-refractivity contribution is 5.96. The molecule has 0 N–H and O–H groups in total. The van der Waals surface area contributed by atoms with Gasteiger partial charge in [-0.3, -0.25) is 9.59 Å². The maximum atomic E-state index is 13.6. The summed E-state index contributed by atoms with van der Waals surface area (Å²) in [5.74, 6) is -7.66. The molecule has 2 aliphatic rings. The van der Waals surface area contributed by atoms with E-state index in [1.54, 1.807) is 34.6 Å². The predicted octanol–water partition coefficient (Wildman–Crippen LogP) is 6.28. The Kier molecular flexibility index (Phi) is 9.37. The van der Waals surface area contributed by atoms with Gasteiger partial charge in [-0.2, -0.15) is 26.3 Å². The van der Waals surface area contributed by atoms with Gasteiger partial charge in [0, 0.05) is 6.42 Å². The summed E-state index contributed by atoms with van der Waals surface area (Å²) in [6.07, 6.45) is -13.2. The summed E-state index contributed by atoms with van der Waals surface area (Å²) in [5.41, 5.74) is -1.05. The summed E-state index contributed by atoms with van der Waals surface area (Å²) in [5, 5.41) is 0. The average molecular weight is 532 g/mol. The summed E-state index contributed by atoms with van der Waals surface area (Å²) in [6.45, 7) is 7.91. The van der Waals surface area contributed by atoms with Gasteiger partial charge in [-0.15, -0.1) is 0 Å². The summed E-state index contributed by atoms with van der Waals surface area (Å²) in [7, 11) is 0. The van der Waals surface area contributed by atoms with Gasteiger partial charge in [-0.05, 0) is 64.7 Å². The Labute approximate surface area is 207 Å². The lowest BCUT2D eigenvalue weighted by molar-refractivity contribution is -0.188. The molecule has 0 radical (unpaired) electrons. The summed E-state index contributed by atoms with van der Waals surface area (Å²) >= 11 is 0. The van der Waals surface area contributed by atoms with Crippen molar-refractivity contribution in [2.24, 2.45) is 29.6 Å². The van der Waals surface area contributed by atoms with Crippen molar-refractivity contribution in [2.45, 2.75) is 97.1 Å². The lowest BCUT2D eigenvalue weighted by Gasteiger charge is -2.39. The van der Waals surface area contributed by atoms with Crippen molar-refractivity contribution in [2.75, 3.05) is 6.61 Å². The van der Waals surface area contributed by atoms with E-state index in [4.69, 9.17) is 9.47 Å². The van der Waals surface area contributed by atoms with Gasteiger partial charge < -0.3 is 9.47 Å². The van der Waals surface area contributed by atoms with Crippen LogP contribution in [0.4, 0.5) is 31.1 Å². The molecular formula is C24H35F6NO5. The molecule has 3 atom stereocenters. The third kappa shape index (κ3) is 7.99. The van der Waals surface area contributed by atoms with E-state index in [1.165, 1.54) is 0 Å². The Hall–Kier alpha value is -2.01. The smallest absolute Gasteiger partial charge is 0.416 e. The molecule has 208 valence electrons. The molecule has 1 aliphatic carbocycles. The van der Waals surface area contributed by atoms with Gasteiger partial charge >= 0.3 is 24.4 Å². The number of nitrogens with zero attached hydrogens (tertiary/aromatic N) is 1. The lowest BCUT2D eigenvalue weighted by atomic mass is 9.69. The Morgan fingerprint density at radius 3 is 2.03 bits per heavy atom. The number of imide groups is 1. The zero-order valence-electron chi connectivity index (χ0n) is 21.2. The number of carbonyl (C=O) groups excluding carboxylic acids is 3. The van der Waals surface area contributed by atoms with Crippen molar-refractivity contribution >= 4 is 18.0 Å². The fourth-order valence-electron chi connectivity index (χ4n) is 5.00. The van der Waals surface area contributed by atoms with Crippen molar-refractivity contribution in [1.29, 1.82) is 0 Å². The average Bonchev–Trinajstić information content (AvgIpc) is 3.09. The largest absolute Gasteiger partial charge is 0.460 e. The number of carbonyl (C=O) groups is 3. The Morgan fingerprint density at radius 1 is 1.03 bits per heavy atom. The second kappa shape index (κ2) is 11.2. The molecule has 2 rings (SSSR count). The third-order valence-electron chi connectivity index (χ3n) is 6.82. The first-order valence-corrected chi connectivity index (χ1v) is 12.2. The molecule has 0 aromatic heterocycles. The van der Waals surface area contributed by atoms with Gasteiger partial charge in [0.05, 0.1) is 23.8 Å². The molecule has 1 heterocycles. The van der Waals surface area contributed by atoms with E-state index in [0.29, 0.717) is 0 Å². The summed E-state index contributed by atoms with van der Waals surface area (Å²) in [6, 6.07) is -0.737. The lowest BCUT2D eigenvalue weighted by Crippen LogP contribution is -2.50. The third-order valence-corrected chi connectivity index (χ3v) is 6.82. The highest BCUT2D eigenvalue weighted by Crippen LogP contribution is 2.45. The molecule has 1 aliphatic heterocycles. The number of amides is 2. The fourth-order valence-corrected chi connectivity index (χ4v) is 5.00. The number of rotatable bonds is 7. The van der Waals surface area contributed by atoms with Crippen LogP contribution in [0.3, 0.4) is 0 Å². The molecule has 0 aromatic rings. The topological polar surface area (TPSA) is 72.9 Å². The second-order valence-electron chi connectivity index (χ2n) is 11.1. The van der Waals surface area contributed by atoms with E-state index in [2.05, 4.69) is 0 Å². The number of hydrogen-bond donors (Lipinski definition) is 0. The number of ether oxygens (including phenoxy) is 2. The van der Waals surface area contributed by atoms with Gasteiger partial charge in [-0.1, -0.05) is 13.8 Å². The van der Waals surface area contributed by atoms with E-state index in [0.717, 1.165) is 4.90 Å². The van der Waals surface area contributed by atoms with Crippen LogP contribution in [0.2, 0.25) is 0 Å². The number of halogens is 6. The van der Waals surface area contributed by atoms with Crippen LogP contribution in [0.25, 0.3) is 0 Å². The molecule has 1 saturated heterocycles. The van der Waals surface area contributed by atoms with E-state index in [1.807, 2.05) is 0 Å². The number of hydrogen-bond acceptors (Lipinski definition) is 5. The summed E-state index contributed by atoms with van der Waals surface area (Å²) < 4.78 is 89.8. The second-order valence-corrected chi connectivity index (χ2v) is 11.1. The highest BCUT2D eigenvalue weighted by Gasteiger charge is 2.51. The van der Waals surface area contributed by atoms with Gasteiger partial charge in [0.15, 0.2) is 0 Å². The predicted molar refractivity (Wildman–Crippen MR) is 116 cm³/mol. The van der Waals surface area contributed by atoms with Gasteiger partial charge in [0.2, 0.25) is 5.91 Å². The molecule has 0 bridgehead atoms. The first kappa shape index (κ1) is 30.2. The van der Waals surface area contributed by atoms with Crippen molar-refractivity contribution in [3.05, 3.63) is 0 Å². The first-order chi connectivity index (χ1) is 16.3. The molecule has 2 amide bonds. The van der Waals surface area contributed by atoms with Crippen LogP contribution in [0.15, 0.2) is 0 Å². The number of alkyl halides is 6. The molecule has 0 aromatic carbocycles. The van der Waals surface area contributed by atoms with Crippen molar-refractivity contribution < 1.29 is 50.2 Å². The van der Waals surface area contributed by atoms with E-state index < -0.39 is 78.5 Å². The normalized spacial score (nSPS) is 25.5. The van der Waals surface area contributed by atoms with E-state index >= 15 is 0 Å². The molecular weight excluding hydrogens is 496 g/mol. The number of cyclic esters (lactones) is 1. The monoisotopic (exact) mass is 531 g/mol. The first-order valence-electron chi connectivity index (χ1n) is 12.2. The highest BCUT2D eigenvalue weighted by atomic mass is 19.4. The van der Waals surface area contributed by atoms with Crippen LogP contribution in [0.5, 0.6) is 0 Å². The quantitative estimate of drug-likeness (QED) is 0.286. The minimum Gasteiger partial charge on any atom is -0.460 e. The molecule has 1 saturated carbocycles. The standard InChI is InChI=1S/C24H35F6NO5/c1-13(2)17-12-35-21(34)31(17)19(32)16(10-11-23(25,26)27)18(20(33)36-22(3,4)5)14-6-8-15(9-7-14)24(28,29)30/h13-18H,6-12H2,1-5H3/t14?,15?,16-,17-,18?/m1/s1. The van der Waals surface area contributed by atoms with Crippen LogP contribution in [-0.2, 0) is 19.1 Å². The van der Waals surface area contributed by atoms with E-state index in [-0.39, 0.29) is 38.2 Å². The van der Waals surface area contributed by atoms with Crippen molar-refractivity contribution in [3.8, 4) is 0 Å². The maximum absolute atomic E-state index is 13.6. The molecule has 36 heavy (non-hydrogen) atoms. The maximum Gasteiger partial charge on any atom is 0.416 e. The zero-order valence-corrected chi connectivity index (χ0v) is 21.2. The Morgan fingerprint density at radius 2 is 1.58 bits per heavy atom. The Bertz CT molecular complexity index is 796. The fraction of sp³-hybridized carbons (Fsp3) is 0.875. The molecule has 6 nitrogen and oxygen atoms in total. The Balaban J connectivity index is 2.47. The van der Waals surface area contributed by atoms with Gasteiger partial charge in [0.1, 0.15) is 12.2 Å². The van der Waals surface area contributed by atoms with Crippen LogP contribution < -0.4 is 0 Å². The summed E-state index contributed by atoms with van der Waals surface area (Å²) in [4.78, 5) is 40.1. The minimum atomic E-state index is -4.66. The number of esters is 1. The van der Waals surface area contributed by atoms with Crippen LogP contribution in [-0.4, -0.2) is 53.5 Å². The van der Waals surface area contributed by atoms with Crippen LogP contribution >= 0.6 is 0 Å². The van der Waals surface area contributed by atoms with Gasteiger partial charge in [0.25, 0.3) is 0 Å². The van der Waals surface area contributed by atoms with Crippen LogP contribution in [0, 0.1) is 29.6 Å². The molecule has 0 spiro atoms.